The molecule has 1 unspecified atom stereocenters. The number of nitrogens with one attached hydrogen (secondary N) is 1. The molecule has 1 amide bonds. The highest BCUT2D eigenvalue weighted by Crippen LogP contribution is 2.13. The van der Waals surface area contributed by atoms with E-state index in [9.17, 15) is 4.79 Å². The van der Waals surface area contributed by atoms with Gasteiger partial charge in [0.25, 0.3) is 0 Å². The van der Waals surface area contributed by atoms with Crippen molar-refractivity contribution in [2.45, 2.75) is 57.9 Å². The third-order valence-electron chi connectivity index (χ3n) is 2.40. The van der Waals surface area contributed by atoms with E-state index in [2.05, 4.69) is 12.2 Å². The van der Waals surface area contributed by atoms with Gasteiger partial charge in [0.15, 0.2) is 0 Å². The fourth-order valence-corrected chi connectivity index (χ4v) is 1.46. The summed E-state index contributed by atoms with van der Waals surface area (Å²) in [6.07, 6.45) is 8.95. The lowest BCUT2D eigenvalue weighted by molar-refractivity contribution is -0.111. The van der Waals surface area contributed by atoms with E-state index in [0.717, 1.165) is 6.42 Å². The fourth-order valence-electron chi connectivity index (χ4n) is 1.46. The molecule has 1 atom stereocenters. The van der Waals surface area contributed by atoms with Crippen molar-refractivity contribution in [2.24, 2.45) is 0 Å². The Bertz CT molecular complexity index is 145. The van der Waals surface area contributed by atoms with Crippen LogP contribution in [-0.2, 0) is 4.79 Å². The minimum atomic E-state index is 0.233. The van der Waals surface area contributed by atoms with Gasteiger partial charge >= 0.3 is 0 Å². The summed E-state index contributed by atoms with van der Waals surface area (Å²) in [5.74, 6) is 0.253. The molecule has 0 aliphatic carbocycles. The maximum Gasteiger partial charge on any atom is 0.243 e. The summed E-state index contributed by atoms with van der Waals surface area (Å²) in [5, 5.41) is 2.79. The first-order valence-corrected chi connectivity index (χ1v) is 5.15. The second kappa shape index (κ2) is 5.18. The number of hydrogen-bond acceptors (Lipinski definition) is 1. The van der Waals surface area contributed by atoms with Crippen LogP contribution in [0.5, 0.6) is 0 Å². The molecule has 2 heteroatoms. The van der Waals surface area contributed by atoms with Crippen molar-refractivity contribution >= 4 is 5.91 Å². The Kier molecular flexibility index (Phi) is 4.12. The summed E-state index contributed by atoms with van der Waals surface area (Å²) in [6, 6.07) is 0.233. The van der Waals surface area contributed by atoms with E-state index >= 15 is 0 Å². The zero-order chi connectivity index (χ0) is 8.81. The Hall–Kier alpha value is -0.530. The molecule has 0 aromatic heterocycles. The quantitative estimate of drug-likeness (QED) is 0.460. The summed E-state index contributed by atoms with van der Waals surface area (Å²) < 4.78 is 0. The highest BCUT2D eigenvalue weighted by Gasteiger charge is 2.31. The molecule has 70 valence electrons. The molecule has 1 N–H and O–H groups in total. The molecule has 1 rings (SSSR count). The highest BCUT2D eigenvalue weighted by molar-refractivity contribution is 5.96. The van der Waals surface area contributed by atoms with Crippen LogP contribution in [-0.4, -0.2) is 11.9 Å². The van der Waals surface area contributed by atoms with Crippen LogP contribution in [0.3, 0.4) is 0 Å². The molecule has 0 spiro atoms. The van der Waals surface area contributed by atoms with Gasteiger partial charge in [0, 0.05) is 0 Å². The van der Waals surface area contributed by atoms with Crippen LogP contribution in [0.4, 0.5) is 0 Å². The van der Waals surface area contributed by atoms with Crippen molar-refractivity contribution in [3.8, 4) is 0 Å². The number of rotatable bonds is 7. The Labute approximate surface area is 74.7 Å². The van der Waals surface area contributed by atoms with E-state index < -0.39 is 0 Å². The fraction of sp³-hybridized carbons (Fsp3) is 0.900. The molecular formula is C10H19NO. The molecule has 2 nitrogen and oxygen atoms in total. The van der Waals surface area contributed by atoms with E-state index in [1.165, 1.54) is 38.5 Å². The van der Waals surface area contributed by atoms with Gasteiger partial charge in [-0.15, -0.1) is 0 Å². The normalized spacial score (nSPS) is 20.8. The number of unbranched alkanes of at least 4 members (excludes halogenated alkanes) is 5. The Morgan fingerprint density at radius 3 is 2.33 bits per heavy atom. The van der Waals surface area contributed by atoms with Gasteiger partial charge in [-0.3, -0.25) is 4.79 Å². The van der Waals surface area contributed by atoms with Crippen LogP contribution in [0, 0.1) is 0 Å². The molecule has 0 bridgehead atoms. The number of carbonyl (C=O) groups excluding carboxylic acids is 1. The van der Waals surface area contributed by atoms with E-state index in [4.69, 9.17) is 0 Å². The van der Waals surface area contributed by atoms with Crippen LogP contribution < -0.4 is 5.32 Å². The number of hydrogen-bond donors (Lipinski definition) is 1. The first-order valence-electron chi connectivity index (χ1n) is 5.15. The molecule has 0 aromatic carbocycles. The second-order valence-corrected chi connectivity index (χ2v) is 3.62. The van der Waals surface area contributed by atoms with Gasteiger partial charge in [0.1, 0.15) is 6.04 Å². The smallest absolute Gasteiger partial charge is 0.243 e. The SMILES string of the molecule is CCCCCCCCC1NC1=O. The maximum atomic E-state index is 10.5. The average molecular weight is 169 g/mol. The number of amides is 1. The summed E-state index contributed by atoms with van der Waals surface area (Å²) in [4.78, 5) is 10.5. The Balaban J connectivity index is 1.74. The minimum absolute atomic E-state index is 0.233. The third kappa shape index (κ3) is 3.74. The van der Waals surface area contributed by atoms with Crippen LogP contribution in [0.1, 0.15) is 51.9 Å². The maximum absolute atomic E-state index is 10.5. The lowest BCUT2D eigenvalue weighted by atomic mass is 10.1. The molecule has 1 saturated heterocycles. The topological polar surface area (TPSA) is 39.0 Å². The highest BCUT2D eigenvalue weighted by atomic mass is 16.2. The molecular weight excluding hydrogens is 150 g/mol. The van der Waals surface area contributed by atoms with E-state index in [0.29, 0.717) is 0 Å². The van der Waals surface area contributed by atoms with Crippen LogP contribution >= 0.6 is 0 Å². The van der Waals surface area contributed by atoms with Crippen molar-refractivity contribution in [3.63, 3.8) is 0 Å². The van der Waals surface area contributed by atoms with Gasteiger partial charge in [0.05, 0.1) is 0 Å². The molecule has 1 aliphatic heterocycles. The summed E-state index contributed by atoms with van der Waals surface area (Å²) >= 11 is 0. The van der Waals surface area contributed by atoms with E-state index in [-0.39, 0.29) is 11.9 Å². The van der Waals surface area contributed by atoms with Gasteiger partial charge in [-0.2, -0.15) is 0 Å². The summed E-state index contributed by atoms with van der Waals surface area (Å²) in [6.45, 7) is 2.23. The van der Waals surface area contributed by atoms with Crippen molar-refractivity contribution in [1.82, 2.24) is 5.32 Å². The monoisotopic (exact) mass is 169 g/mol. The van der Waals surface area contributed by atoms with Crippen molar-refractivity contribution in [2.75, 3.05) is 0 Å². The molecule has 1 fully saturated rings. The van der Waals surface area contributed by atoms with Crippen LogP contribution in [0.15, 0.2) is 0 Å². The Morgan fingerprint density at radius 2 is 1.75 bits per heavy atom. The Morgan fingerprint density at radius 1 is 1.17 bits per heavy atom. The van der Waals surface area contributed by atoms with Gasteiger partial charge in [-0.05, 0) is 6.42 Å². The van der Waals surface area contributed by atoms with Gasteiger partial charge < -0.3 is 5.32 Å². The first-order chi connectivity index (χ1) is 5.84. The molecule has 0 saturated carbocycles. The summed E-state index contributed by atoms with van der Waals surface area (Å²) in [5.41, 5.74) is 0. The van der Waals surface area contributed by atoms with Crippen LogP contribution in [0.2, 0.25) is 0 Å². The van der Waals surface area contributed by atoms with E-state index in [1.54, 1.807) is 0 Å². The zero-order valence-corrected chi connectivity index (χ0v) is 7.94. The van der Waals surface area contributed by atoms with Crippen molar-refractivity contribution in [1.29, 1.82) is 0 Å². The average Bonchev–Trinajstić information content (AvgIpc) is 2.74. The predicted molar refractivity (Wildman–Crippen MR) is 49.9 cm³/mol. The molecule has 1 heterocycles. The molecule has 0 aromatic rings. The third-order valence-corrected chi connectivity index (χ3v) is 2.40. The lowest BCUT2D eigenvalue weighted by Crippen LogP contribution is -1.90. The summed E-state index contributed by atoms with van der Waals surface area (Å²) in [7, 11) is 0. The van der Waals surface area contributed by atoms with Gasteiger partial charge in [0.2, 0.25) is 5.91 Å². The second-order valence-electron chi connectivity index (χ2n) is 3.62. The van der Waals surface area contributed by atoms with Crippen molar-refractivity contribution in [3.05, 3.63) is 0 Å². The minimum Gasteiger partial charge on any atom is -0.343 e. The molecule has 1 aliphatic rings. The first kappa shape index (κ1) is 9.56. The van der Waals surface area contributed by atoms with E-state index in [1.807, 2.05) is 0 Å². The zero-order valence-electron chi connectivity index (χ0n) is 7.94. The molecule has 0 radical (unpaired) electrons. The standard InChI is InChI=1S/C10H19NO/c1-2-3-4-5-6-7-8-9-10(12)11-9/h9H,2-8H2,1H3,(H,11,12). The lowest BCUT2D eigenvalue weighted by Gasteiger charge is -1.97. The van der Waals surface area contributed by atoms with Crippen LogP contribution in [0.25, 0.3) is 0 Å². The number of carbonyl (C=O) groups is 1. The largest absolute Gasteiger partial charge is 0.343 e. The van der Waals surface area contributed by atoms with Gasteiger partial charge in [-0.1, -0.05) is 45.4 Å². The van der Waals surface area contributed by atoms with Gasteiger partial charge in [-0.25, -0.2) is 0 Å². The van der Waals surface area contributed by atoms with Crippen molar-refractivity contribution < 1.29 is 4.79 Å². The predicted octanol–water partition coefficient (Wildman–Crippen LogP) is 2.24. The molecule has 12 heavy (non-hydrogen) atoms.